The number of sulfonamides is 1. The zero-order valence-corrected chi connectivity index (χ0v) is 15.1. The van der Waals surface area contributed by atoms with Crippen LogP contribution in [0.4, 0.5) is 0 Å². The highest BCUT2D eigenvalue weighted by Gasteiger charge is 2.65. The smallest absolute Gasteiger partial charge is 0.215 e. The van der Waals surface area contributed by atoms with Crippen LogP contribution in [0, 0.1) is 16.7 Å². The van der Waals surface area contributed by atoms with Crippen LogP contribution in [0.25, 0.3) is 0 Å². The van der Waals surface area contributed by atoms with Crippen LogP contribution in [-0.4, -0.2) is 56.1 Å². The molecule has 0 aromatic heterocycles. The van der Waals surface area contributed by atoms with E-state index in [0.29, 0.717) is 31.9 Å². The Morgan fingerprint density at radius 2 is 2.13 bits per heavy atom. The first-order chi connectivity index (χ1) is 10.6. The predicted octanol–water partition coefficient (Wildman–Crippen LogP) is 0.760. The van der Waals surface area contributed by atoms with E-state index in [9.17, 15) is 13.2 Å². The molecule has 0 amide bonds. The van der Waals surface area contributed by atoms with E-state index < -0.39 is 15.4 Å². The Balaban J connectivity index is 1.83. The lowest BCUT2D eigenvalue weighted by molar-refractivity contribution is -0.128. The summed E-state index contributed by atoms with van der Waals surface area (Å²) in [5.74, 6) is 0.402. The first kappa shape index (κ1) is 17.3. The lowest BCUT2D eigenvalue weighted by atomic mass is 9.70. The molecule has 0 radical (unpaired) electrons. The molecule has 1 heterocycles. The zero-order chi connectivity index (χ0) is 17.0. The summed E-state index contributed by atoms with van der Waals surface area (Å²) in [4.78, 5) is 12.6. The third kappa shape index (κ3) is 2.56. The van der Waals surface area contributed by atoms with Crippen LogP contribution >= 0.6 is 0 Å². The Labute approximate surface area is 138 Å². The molecule has 0 aromatic carbocycles. The third-order valence-corrected chi connectivity index (χ3v) is 8.58. The van der Waals surface area contributed by atoms with Gasteiger partial charge in [-0.05, 0) is 31.1 Å². The summed E-state index contributed by atoms with van der Waals surface area (Å²) in [7, 11) is -3.50. The molecule has 7 heteroatoms. The van der Waals surface area contributed by atoms with Gasteiger partial charge in [0.2, 0.25) is 10.0 Å². The summed E-state index contributed by atoms with van der Waals surface area (Å²) in [6, 6.07) is -0.216. The topological polar surface area (TPSA) is 89.7 Å². The van der Waals surface area contributed by atoms with Gasteiger partial charge in [0.15, 0.2) is 0 Å². The molecule has 3 aliphatic rings. The molecule has 2 saturated carbocycles. The number of morpholine rings is 1. The van der Waals surface area contributed by atoms with Crippen LogP contribution in [0.2, 0.25) is 0 Å². The maximum absolute atomic E-state index is 13.0. The van der Waals surface area contributed by atoms with Crippen LogP contribution in [-0.2, 0) is 19.6 Å². The van der Waals surface area contributed by atoms with E-state index >= 15 is 0 Å². The minimum atomic E-state index is -3.50. The van der Waals surface area contributed by atoms with Gasteiger partial charge in [0, 0.05) is 31.0 Å². The molecular formula is C16H28N2O4S. The highest BCUT2D eigenvalue weighted by Crippen LogP contribution is 2.64. The third-order valence-electron chi connectivity index (χ3n) is 6.60. The van der Waals surface area contributed by atoms with E-state index in [2.05, 4.69) is 13.8 Å². The van der Waals surface area contributed by atoms with Crippen molar-refractivity contribution >= 4 is 15.8 Å². The molecule has 4 atom stereocenters. The number of carbonyl (C=O) groups excluding carboxylic acids is 1. The fraction of sp³-hybridized carbons (Fsp3) is 0.938. The largest absolute Gasteiger partial charge is 0.374 e. The maximum Gasteiger partial charge on any atom is 0.215 e. The number of fused-ring (bicyclic) bond motifs is 2. The average molecular weight is 344 g/mol. The molecule has 0 unspecified atom stereocenters. The average Bonchev–Trinajstić information content (AvgIpc) is 2.81. The Bertz CT molecular complexity index is 601. The fourth-order valence-electron chi connectivity index (χ4n) is 4.73. The van der Waals surface area contributed by atoms with Crippen LogP contribution in [0.3, 0.4) is 0 Å². The first-order valence-electron chi connectivity index (χ1n) is 8.48. The number of ether oxygens (including phenoxy) is 1. The normalized spacial score (nSPS) is 38.9. The van der Waals surface area contributed by atoms with Crippen molar-refractivity contribution in [2.75, 3.05) is 25.4 Å². The molecule has 132 valence electrons. The highest BCUT2D eigenvalue weighted by molar-refractivity contribution is 7.89. The second-order valence-corrected chi connectivity index (χ2v) is 10.0. The van der Waals surface area contributed by atoms with Crippen LogP contribution < -0.4 is 5.73 Å². The lowest BCUT2D eigenvalue weighted by Crippen LogP contribution is -2.54. The van der Waals surface area contributed by atoms with Crippen molar-refractivity contribution in [3.05, 3.63) is 0 Å². The van der Waals surface area contributed by atoms with Crippen molar-refractivity contribution in [2.45, 2.75) is 52.2 Å². The first-order valence-corrected chi connectivity index (χ1v) is 10.1. The van der Waals surface area contributed by atoms with E-state index in [0.717, 1.165) is 6.42 Å². The summed E-state index contributed by atoms with van der Waals surface area (Å²) in [6.45, 7) is 6.95. The minimum Gasteiger partial charge on any atom is -0.374 e. The van der Waals surface area contributed by atoms with E-state index in [4.69, 9.17) is 10.5 Å². The van der Waals surface area contributed by atoms with Gasteiger partial charge in [-0.1, -0.05) is 13.8 Å². The number of nitrogens with two attached hydrogens (primary N) is 1. The summed E-state index contributed by atoms with van der Waals surface area (Å²) < 4.78 is 33.0. The maximum atomic E-state index is 13.0. The number of nitrogens with zero attached hydrogens (tertiary/aromatic N) is 1. The van der Waals surface area contributed by atoms with E-state index in [-0.39, 0.29) is 35.6 Å². The van der Waals surface area contributed by atoms with Crippen molar-refractivity contribution in [1.82, 2.24) is 4.31 Å². The molecule has 3 fully saturated rings. The van der Waals surface area contributed by atoms with Gasteiger partial charge in [0.25, 0.3) is 0 Å². The predicted molar refractivity (Wildman–Crippen MR) is 87.3 cm³/mol. The summed E-state index contributed by atoms with van der Waals surface area (Å²) in [5, 5.41) is 0. The fourth-order valence-corrected chi connectivity index (χ4v) is 6.94. The second-order valence-electron chi connectivity index (χ2n) is 8.05. The quantitative estimate of drug-likeness (QED) is 0.813. The SMILES string of the molecule is C[C@H](N)[C@H]1CN(S(=O)(=O)C[C@@]23CC[C@@H](CC2=O)C3(C)C)CCO1. The van der Waals surface area contributed by atoms with Gasteiger partial charge in [-0.2, -0.15) is 4.31 Å². The zero-order valence-electron chi connectivity index (χ0n) is 14.2. The van der Waals surface area contributed by atoms with Gasteiger partial charge in [-0.3, -0.25) is 4.79 Å². The molecule has 2 N–H and O–H groups in total. The van der Waals surface area contributed by atoms with Gasteiger partial charge >= 0.3 is 0 Å². The molecular weight excluding hydrogens is 316 g/mol. The van der Waals surface area contributed by atoms with Crippen LogP contribution in [0.1, 0.15) is 40.0 Å². The molecule has 2 aliphatic carbocycles. The molecule has 0 aromatic rings. The molecule has 1 aliphatic heterocycles. The van der Waals surface area contributed by atoms with E-state index in [1.807, 2.05) is 6.92 Å². The van der Waals surface area contributed by atoms with Crippen molar-refractivity contribution in [3.8, 4) is 0 Å². The van der Waals surface area contributed by atoms with Crippen LogP contribution in [0.15, 0.2) is 0 Å². The second kappa shape index (κ2) is 5.51. The number of Topliss-reactive ketones (excluding diaryl/α,β-unsaturated/α-hetero) is 1. The number of hydrogen-bond acceptors (Lipinski definition) is 5. The Morgan fingerprint density at radius 1 is 1.43 bits per heavy atom. The Morgan fingerprint density at radius 3 is 2.65 bits per heavy atom. The molecule has 1 saturated heterocycles. The van der Waals surface area contributed by atoms with Gasteiger partial charge < -0.3 is 10.5 Å². The molecule has 0 spiro atoms. The van der Waals surface area contributed by atoms with Crippen molar-refractivity contribution in [2.24, 2.45) is 22.5 Å². The Hall–Kier alpha value is -0.500. The van der Waals surface area contributed by atoms with Gasteiger partial charge in [-0.25, -0.2) is 8.42 Å². The number of rotatable bonds is 4. The minimum absolute atomic E-state index is 0.0615. The van der Waals surface area contributed by atoms with E-state index in [1.165, 1.54) is 4.31 Å². The number of hydrogen-bond donors (Lipinski definition) is 1. The van der Waals surface area contributed by atoms with Crippen molar-refractivity contribution < 1.29 is 17.9 Å². The van der Waals surface area contributed by atoms with Gasteiger partial charge in [-0.15, -0.1) is 0 Å². The highest BCUT2D eigenvalue weighted by atomic mass is 32.2. The summed E-state index contributed by atoms with van der Waals surface area (Å²) in [5.41, 5.74) is 4.92. The van der Waals surface area contributed by atoms with Crippen LogP contribution in [0.5, 0.6) is 0 Å². The van der Waals surface area contributed by atoms with Crippen molar-refractivity contribution in [3.63, 3.8) is 0 Å². The lowest BCUT2D eigenvalue weighted by Gasteiger charge is -2.39. The molecule has 23 heavy (non-hydrogen) atoms. The van der Waals surface area contributed by atoms with Gasteiger partial charge in [0.1, 0.15) is 5.78 Å². The molecule has 2 bridgehead atoms. The van der Waals surface area contributed by atoms with Gasteiger partial charge in [0.05, 0.1) is 18.5 Å². The number of carbonyl (C=O) groups is 1. The summed E-state index contributed by atoms with van der Waals surface area (Å²) in [6.07, 6.45) is 1.91. The molecule has 6 nitrogen and oxygen atoms in total. The Kier molecular flexibility index (Phi) is 4.15. The van der Waals surface area contributed by atoms with E-state index in [1.54, 1.807) is 0 Å². The standard InChI is InChI=1S/C16H28N2O4S/c1-11(17)13-9-18(6-7-22-13)23(20,21)10-16-5-4-12(8-14(16)19)15(16,2)3/h11-13H,4-10,17H2,1-3H3/t11-,12-,13+,16-/m0/s1. The summed E-state index contributed by atoms with van der Waals surface area (Å²) >= 11 is 0. The number of ketones is 1. The van der Waals surface area contributed by atoms with Crippen molar-refractivity contribution in [1.29, 1.82) is 0 Å². The monoisotopic (exact) mass is 344 g/mol. The molecule has 3 rings (SSSR count).